The summed E-state index contributed by atoms with van der Waals surface area (Å²) < 4.78 is 13.7. The lowest BCUT2D eigenvalue weighted by atomic mass is 10.0. The Hall–Kier alpha value is -8.48. The highest BCUT2D eigenvalue weighted by Crippen LogP contribution is 2.42. The molecule has 0 N–H and O–H groups in total. The van der Waals surface area contributed by atoms with Crippen molar-refractivity contribution in [1.29, 1.82) is 0 Å². The van der Waals surface area contributed by atoms with E-state index in [0.29, 0.717) is 0 Å². The van der Waals surface area contributed by atoms with E-state index in [4.69, 9.17) is 14.6 Å². The minimum atomic E-state index is 0.782. The molecule has 0 aliphatic carbocycles. The summed E-state index contributed by atoms with van der Waals surface area (Å²) in [7, 11) is 0. The number of furan rings is 1. The van der Waals surface area contributed by atoms with Crippen LogP contribution < -0.4 is 0 Å². The van der Waals surface area contributed by atoms with Crippen LogP contribution in [0.25, 0.3) is 117 Å². The van der Waals surface area contributed by atoms with Gasteiger partial charge in [0.15, 0.2) is 17.2 Å². The van der Waals surface area contributed by atoms with Crippen LogP contribution in [0.4, 0.5) is 0 Å². The molecule has 0 fully saturated rings. The smallest absolute Gasteiger partial charge is 0.168 e. The first-order valence-electron chi connectivity index (χ1n) is 20.9. The van der Waals surface area contributed by atoms with Gasteiger partial charge < -0.3 is 13.6 Å². The summed E-state index contributed by atoms with van der Waals surface area (Å²) in [5, 5.41) is 16.6. The van der Waals surface area contributed by atoms with Crippen molar-refractivity contribution in [2.75, 3.05) is 0 Å². The molecule has 4 heterocycles. The molecule has 4 aromatic heterocycles. The molecular formula is C56H35N5O. The van der Waals surface area contributed by atoms with Crippen molar-refractivity contribution in [3.05, 3.63) is 212 Å². The Bertz CT molecular complexity index is 3810. The largest absolute Gasteiger partial charge is 0.454 e. The Morgan fingerprint density at radius 3 is 1.42 bits per heavy atom. The molecule has 0 atom stereocenters. The molecule has 13 aromatic rings. The zero-order chi connectivity index (χ0) is 40.7. The van der Waals surface area contributed by atoms with Crippen molar-refractivity contribution in [2.24, 2.45) is 0 Å². The summed E-state index contributed by atoms with van der Waals surface area (Å²) in [6.07, 6.45) is 0. The van der Waals surface area contributed by atoms with Gasteiger partial charge in [-0.15, -0.1) is 10.2 Å². The lowest BCUT2D eigenvalue weighted by Crippen LogP contribution is -2.04. The predicted octanol–water partition coefficient (Wildman–Crippen LogP) is 14.4. The molecule has 9 aromatic carbocycles. The standard InChI is InChI=1S/C56H35N5O/c1-3-16-36(17-4-1)55-57-58-56(37-18-5-2-6-19-37)61(55)50-30-15-27-45-42-24-7-10-28-48(42)59(52(45)50)40-22-13-20-38(34-40)39-21-14-23-41(35-39)60-49-29-11-8-25-43(49)46-32-33-47-44-26-9-12-31-51(44)62-54(47)53(46)60/h1-35H. The summed E-state index contributed by atoms with van der Waals surface area (Å²) in [4.78, 5) is 0. The summed E-state index contributed by atoms with van der Waals surface area (Å²) >= 11 is 0. The fourth-order valence-electron chi connectivity index (χ4n) is 9.66. The minimum Gasteiger partial charge on any atom is -0.454 e. The van der Waals surface area contributed by atoms with Crippen LogP contribution in [0.2, 0.25) is 0 Å². The van der Waals surface area contributed by atoms with Gasteiger partial charge in [-0.1, -0.05) is 158 Å². The Morgan fingerprint density at radius 2 is 0.790 bits per heavy atom. The molecule has 0 aliphatic rings. The average Bonchev–Trinajstić information content (AvgIpc) is 4.12. The molecule has 0 radical (unpaired) electrons. The average molecular weight is 794 g/mol. The third-order valence-corrected chi connectivity index (χ3v) is 12.4. The second kappa shape index (κ2) is 13.5. The normalized spacial score (nSPS) is 11.9. The van der Waals surface area contributed by atoms with E-state index in [1.54, 1.807) is 0 Å². The van der Waals surface area contributed by atoms with Crippen molar-refractivity contribution in [3.63, 3.8) is 0 Å². The maximum Gasteiger partial charge on any atom is 0.168 e. The Labute approximate surface area is 355 Å². The van der Waals surface area contributed by atoms with Crippen molar-refractivity contribution in [3.8, 4) is 51.0 Å². The highest BCUT2D eigenvalue weighted by Gasteiger charge is 2.24. The van der Waals surface area contributed by atoms with Crippen LogP contribution in [0, 0.1) is 0 Å². The maximum absolute atomic E-state index is 6.67. The van der Waals surface area contributed by atoms with Gasteiger partial charge in [0, 0.05) is 54.8 Å². The van der Waals surface area contributed by atoms with E-state index in [9.17, 15) is 0 Å². The molecule has 13 rings (SSSR count). The van der Waals surface area contributed by atoms with Crippen LogP contribution in [0.15, 0.2) is 217 Å². The van der Waals surface area contributed by atoms with E-state index in [1.807, 2.05) is 18.2 Å². The highest BCUT2D eigenvalue weighted by atomic mass is 16.3. The second-order valence-corrected chi connectivity index (χ2v) is 15.8. The molecule has 290 valence electrons. The van der Waals surface area contributed by atoms with E-state index < -0.39 is 0 Å². The van der Waals surface area contributed by atoms with Crippen LogP contribution in [0.5, 0.6) is 0 Å². The number of rotatable bonds is 6. The quantitative estimate of drug-likeness (QED) is 0.168. The van der Waals surface area contributed by atoms with Crippen LogP contribution in [0.3, 0.4) is 0 Å². The van der Waals surface area contributed by atoms with Gasteiger partial charge in [-0.3, -0.25) is 4.57 Å². The number of benzene rings is 9. The Balaban J connectivity index is 1.03. The predicted molar refractivity (Wildman–Crippen MR) is 254 cm³/mol. The van der Waals surface area contributed by atoms with Gasteiger partial charge in [-0.25, -0.2) is 0 Å². The minimum absolute atomic E-state index is 0.782. The molecule has 0 spiro atoms. The van der Waals surface area contributed by atoms with Gasteiger partial charge >= 0.3 is 0 Å². The van der Waals surface area contributed by atoms with E-state index in [-0.39, 0.29) is 0 Å². The third kappa shape index (κ3) is 5.10. The van der Waals surface area contributed by atoms with E-state index in [2.05, 4.69) is 208 Å². The van der Waals surface area contributed by atoms with Crippen molar-refractivity contribution in [1.82, 2.24) is 23.9 Å². The van der Waals surface area contributed by atoms with E-state index in [0.717, 1.165) is 100 Å². The van der Waals surface area contributed by atoms with Crippen molar-refractivity contribution >= 4 is 65.6 Å². The van der Waals surface area contributed by atoms with Gasteiger partial charge in [-0.05, 0) is 65.7 Å². The Kier molecular flexibility index (Phi) is 7.50. The van der Waals surface area contributed by atoms with Gasteiger partial charge in [0.1, 0.15) is 5.58 Å². The zero-order valence-corrected chi connectivity index (χ0v) is 33.4. The molecule has 62 heavy (non-hydrogen) atoms. The van der Waals surface area contributed by atoms with Crippen molar-refractivity contribution in [2.45, 2.75) is 0 Å². The van der Waals surface area contributed by atoms with Crippen LogP contribution in [-0.4, -0.2) is 23.9 Å². The third-order valence-electron chi connectivity index (χ3n) is 12.4. The molecule has 0 amide bonds. The highest BCUT2D eigenvalue weighted by molar-refractivity contribution is 6.21. The first-order chi connectivity index (χ1) is 30.8. The number of hydrogen-bond acceptors (Lipinski definition) is 3. The van der Waals surface area contributed by atoms with Gasteiger partial charge in [0.05, 0.1) is 27.8 Å². The molecule has 0 aliphatic heterocycles. The Morgan fingerprint density at radius 1 is 0.323 bits per heavy atom. The second-order valence-electron chi connectivity index (χ2n) is 15.8. The fourth-order valence-corrected chi connectivity index (χ4v) is 9.66. The number of nitrogens with zero attached hydrogens (tertiary/aromatic N) is 5. The summed E-state index contributed by atoms with van der Waals surface area (Å²) in [5.41, 5.74) is 13.5. The van der Waals surface area contributed by atoms with Crippen LogP contribution in [-0.2, 0) is 0 Å². The fraction of sp³-hybridized carbons (Fsp3) is 0. The number of hydrogen-bond donors (Lipinski definition) is 0. The molecule has 6 nitrogen and oxygen atoms in total. The number of fused-ring (bicyclic) bond motifs is 10. The topological polar surface area (TPSA) is 53.7 Å². The molecule has 0 saturated heterocycles. The number of aromatic nitrogens is 5. The summed E-state index contributed by atoms with van der Waals surface area (Å²) in [5.74, 6) is 1.56. The van der Waals surface area contributed by atoms with Gasteiger partial charge in [0.25, 0.3) is 0 Å². The molecule has 0 saturated carbocycles. The van der Waals surface area contributed by atoms with Gasteiger partial charge in [0.2, 0.25) is 0 Å². The maximum atomic E-state index is 6.67. The van der Waals surface area contributed by atoms with Crippen molar-refractivity contribution < 1.29 is 4.42 Å². The number of para-hydroxylation sites is 4. The molecular weight excluding hydrogens is 759 g/mol. The monoisotopic (exact) mass is 793 g/mol. The first kappa shape index (κ1) is 34.4. The van der Waals surface area contributed by atoms with Gasteiger partial charge in [-0.2, -0.15) is 0 Å². The SMILES string of the molecule is c1ccc(-c2nnc(-c3ccccc3)n2-c2cccc3c4ccccc4n(-c4cccc(-c5cccc(-n6c7ccccc7c7ccc8c9ccccc9oc8c76)c5)c4)c23)cc1. The van der Waals surface area contributed by atoms with E-state index in [1.165, 1.54) is 16.2 Å². The first-order valence-corrected chi connectivity index (χ1v) is 20.9. The van der Waals surface area contributed by atoms with Crippen LogP contribution >= 0.6 is 0 Å². The van der Waals surface area contributed by atoms with Crippen LogP contribution in [0.1, 0.15) is 0 Å². The summed E-state index contributed by atoms with van der Waals surface area (Å²) in [6, 6.07) is 75.1. The summed E-state index contributed by atoms with van der Waals surface area (Å²) in [6.45, 7) is 0. The zero-order valence-electron chi connectivity index (χ0n) is 33.4. The lowest BCUT2D eigenvalue weighted by Gasteiger charge is -2.16. The molecule has 6 heteroatoms. The lowest BCUT2D eigenvalue weighted by molar-refractivity contribution is 0.671. The van der Waals surface area contributed by atoms with E-state index >= 15 is 0 Å². The molecule has 0 unspecified atom stereocenters. The molecule has 0 bridgehead atoms.